The standard InChI is InChI=1S/C15H16BBrF6O2/c1-12(2)13(3,4-5-17)25-16(24-12)11-7-9(14(18,19)20)6-10(8-11)15(21,22)23/h6-8H,4-5H2,1-3H3. The Labute approximate surface area is 150 Å². The summed E-state index contributed by atoms with van der Waals surface area (Å²) >= 11 is 3.26. The smallest absolute Gasteiger partial charge is 0.399 e. The number of hydrogen-bond donors (Lipinski definition) is 0. The molecule has 2 rings (SSSR count). The maximum absolute atomic E-state index is 13.0. The van der Waals surface area contributed by atoms with Crippen LogP contribution in [0.15, 0.2) is 18.2 Å². The summed E-state index contributed by atoms with van der Waals surface area (Å²) in [5.41, 5.74) is -4.85. The minimum Gasteiger partial charge on any atom is -0.399 e. The van der Waals surface area contributed by atoms with Gasteiger partial charge in [-0.1, -0.05) is 28.1 Å². The first-order valence-corrected chi connectivity index (χ1v) is 8.53. The summed E-state index contributed by atoms with van der Waals surface area (Å²) in [4.78, 5) is 0. The number of halogens is 7. The second kappa shape index (κ2) is 6.46. The van der Waals surface area contributed by atoms with E-state index in [1.54, 1.807) is 20.8 Å². The van der Waals surface area contributed by atoms with Crippen molar-refractivity contribution in [1.82, 2.24) is 0 Å². The van der Waals surface area contributed by atoms with Crippen molar-refractivity contribution >= 4 is 28.5 Å². The Kier molecular flexibility index (Phi) is 5.31. The van der Waals surface area contributed by atoms with Gasteiger partial charge >= 0.3 is 19.5 Å². The van der Waals surface area contributed by atoms with Crippen LogP contribution in [0, 0.1) is 0 Å². The fourth-order valence-electron chi connectivity index (χ4n) is 2.59. The zero-order chi connectivity index (χ0) is 19.3. The lowest BCUT2D eigenvalue weighted by atomic mass is 9.77. The van der Waals surface area contributed by atoms with Crippen molar-refractivity contribution in [2.75, 3.05) is 5.33 Å². The average Bonchev–Trinajstić information content (AvgIpc) is 2.67. The molecule has 0 aromatic heterocycles. The lowest BCUT2D eigenvalue weighted by Gasteiger charge is -2.35. The molecule has 25 heavy (non-hydrogen) atoms. The second-order valence-electron chi connectivity index (χ2n) is 6.59. The third kappa shape index (κ3) is 4.16. The van der Waals surface area contributed by atoms with Crippen molar-refractivity contribution in [3.8, 4) is 0 Å². The highest BCUT2D eigenvalue weighted by Gasteiger charge is 2.54. The molecule has 1 unspecified atom stereocenters. The van der Waals surface area contributed by atoms with E-state index in [9.17, 15) is 26.3 Å². The minimum atomic E-state index is -4.91. The highest BCUT2D eigenvalue weighted by molar-refractivity contribution is 9.09. The first-order valence-electron chi connectivity index (χ1n) is 7.41. The number of benzene rings is 1. The molecule has 1 atom stereocenters. The van der Waals surface area contributed by atoms with E-state index >= 15 is 0 Å². The molecule has 1 aromatic carbocycles. The Bertz CT molecular complexity index is 614. The molecule has 10 heteroatoms. The first kappa shape index (κ1) is 20.6. The Morgan fingerprint density at radius 2 is 1.40 bits per heavy atom. The van der Waals surface area contributed by atoms with Crippen LogP contribution in [0.3, 0.4) is 0 Å². The van der Waals surface area contributed by atoms with Crippen LogP contribution in [0.25, 0.3) is 0 Å². The summed E-state index contributed by atoms with van der Waals surface area (Å²) in [5, 5.41) is 0.541. The molecular formula is C15H16BBrF6O2. The van der Waals surface area contributed by atoms with Gasteiger partial charge in [-0.2, -0.15) is 26.3 Å². The molecule has 1 fully saturated rings. The molecule has 0 N–H and O–H groups in total. The predicted molar refractivity (Wildman–Crippen MR) is 84.9 cm³/mol. The van der Waals surface area contributed by atoms with Crippen molar-refractivity contribution in [2.24, 2.45) is 0 Å². The largest absolute Gasteiger partial charge is 0.494 e. The monoisotopic (exact) mass is 432 g/mol. The van der Waals surface area contributed by atoms with E-state index in [4.69, 9.17) is 9.31 Å². The van der Waals surface area contributed by atoms with Gasteiger partial charge < -0.3 is 9.31 Å². The van der Waals surface area contributed by atoms with Gasteiger partial charge in [0.2, 0.25) is 0 Å². The molecule has 140 valence electrons. The first-order chi connectivity index (χ1) is 11.2. The highest BCUT2D eigenvalue weighted by Crippen LogP contribution is 2.41. The van der Waals surface area contributed by atoms with Crippen LogP contribution in [0.4, 0.5) is 26.3 Å². The van der Waals surface area contributed by atoms with E-state index in [-0.39, 0.29) is 11.5 Å². The van der Waals surface area contributed by atoms with Gasteiger partial charge in [0.25, 0.3) is 0 Å². The summed E-state index contributed by atoms with van der Waals surface area (Å²) in [5.74, 6) is 0. The average molecular weight is 433 g/mol. The van der Waals surface area contributed by atoms with E-state index in [1.807, 2.05) is 0 Å². The lowest BCUT2D eigenvalue weighted by molar-refractivity contribution is -0.142. The van der Waals surface area contributed by atoms with Crippen molar-refractivity contribution in [3.05, 3.63) is 29.3 Å². The Morgan fingerprint density at radius 3 is 1.80 bits per heavy atom. The van der Waals surface area contributed by atoms with Gasteiger partial charge in [0, 0.05) is 5.33 Å². The van der Waals surface area contributed by atoms with Crippen LogP contribution >= 0.6 is 15.9 Å². The molecule has 1 aromatic rings. The highest BCUT2D eigenvalue weighted by atomic mass is 79.9. The zero-order valence-corrected chi connectivity index (χ0v) is 15.3. The molecule has 1 heterocycles. The van der Waals surface area contributed by atoms with Crippen LogP contribution in [0.1, 0.15) is 38.3 Å². The van der Waals surface area contributed by atoms with Gasteiger partial charge in [0.05, 0.1) is 22.3 Å². The third-order valence-corrected chi connectivity index (χ3v) is 4.89. The molecule has 1 aliphatic heterocycles. The molecule has 1 aliphatic rings. The molecule has 1 saturated heterocycles. The van der Waals surface area contributed by atoms with E-state index in [1.165, 1.54) is 0 Å². The maximum Gasteiger partial charge on any atom is 0.494 e. The summed E-state index contributed by atoms with van der Waals surface area (Å²) in [7, 11) is -1.32. The Morgan fingerprint density at radius 1 is 0.920 bits per heavy atom. The fraction of sp³-hybridized carbons (Fsp3) is 0.600. The zero-order valence-electron chi connectivity index (χ0n) is 13.7. The fourth-order valence-corrected chi connectivity index (χ4v) is 3.34. The lowest BCUT2D eigenvalue weighted by Crippen LogP contribution is -2.45. The van der Waals surface area contributed by atoms with Crippen molar-refractivity contribution in [2.45, 2.75) is 50.7 Å². The number of hydrogen-bond acceptors (Lipinski definition) is 2. The predicted octanol–water partition coefficient (Wildman–Crippen LogP) is 4.79. The van der Waals surface area contributed by atoms with E-state index in [2.05, 4.69) is 15.9 Å². The van der Waals surface area contributed by atoms with Crippen molar-refractivity contribution in [1.29, 1.82) is 0 Å². The normalized spacial score (nSPS) is 24.0. The van der Waals surface area contributed by atoms with Gasteiger partial charge in [-0.25, -0.2) is 0 Å². The van der Waals surface area contributed by atoms with Crippen LogP contribution in [0.5, 0.6) is 0 Å². The molecular weight excluding hydrogens is 417 g/mol. The summed E-state index contributed by atoms with van der Waals surface area (Å²) in [6.45, 7) is 5.09. The van der Waals surface area contributed by atoms with E-state index in [0.29, 0.717) is 23.9 Å². The SMILES string of the molecule is CC1(C)OB(c2cc(C(F)(F)F)cc(C(F)(F)F)c2)OC1(C)CCBr. The van der Waals surface area contributed by atoms with E-state index < -0.39 is 41.8 Å². The Hall–Kier alpha value is -0.735. The van der Waals surface area contributed by atoms with Crippen molar-refractivity contribution < 1.29 is 35.7 Å². The topological polar surface area (TPSA) is 18.5 Å². The number of alkyl halides is 7. The van der Waals surface area contributed by atoms with Crippen LogP contribution in [-0.2, 0) is 21.7 Å². The maximum atomic E-state index is 13.0. The summed E-state index contributed by atoms with van der Waals surface area (Å²) in [6, 6.07) is 1.35. The summed E-state index contributed by atoms with van der Waals surface area (Å²) in [6.07, 6.45) is -9.35. The van der Waals surface area contributed by atoms with Crippen LogP contribution < -0.4 is 5.46 Å². The molecule has 0 amide bonds. The summed E-state index contributed by atoms with van der Waals surface area (Å²) < 4.78 is 89.4. The van der Waals surface area contributed by atoms with Gasteiger partial charge in [-0.15, -0.1) is 0 Å². The van der Waals surface area contributed by atoms with Gasteiger partial charge in [-0.05, 0) is 38.7 Å². The molecule has 0 spiro atoms. The Balaban J connectivity index is 2.49. The molecule has 2 nitrogen and oxygen atoms in total. The van der Waals surface area contributed by atoms with E-state index in [0.717, 1.165) is 0 Å². The minimum absolute atomic E-state index is 0.0846. The number of rotatable bonds is 3. The molecule has 0 saturated carbocycles. The van der Waals surface area contributed by atoms with Gasteiger partial charge in [-0.3, -0.25) is 0 Å². The van der Waals surface area contributed by atoms with Gasteiger partial charge in [0.15, 0.2) is 0 Å². The van der Waals surface area contributed by atoms with Crippen molar-refractivity contribution in [3.63, 3.8) is 0 Å². The quantitative estimate of drug-likeness (QED) is 0.388. The van der Waals surface area contributed by atoms with Crippen LogP contribution in [0.2, 0.25) is 0 Å². The van der Waals surface area contributed by atoms with Gasteiger partial charge in [0.1, 0.15) is 0 Å². The van der Waals surface area contributed by atoms with Crippen LogP contribution in [-0.4, -0.2) is 23.7 Å². The third-order valence-electron chi connectivity index (χ3n) is 4.50. The molecule has 0 bridgehead atoms. The second-order valence-corrected chi connectivity index (χ2v) is 7.38. The molecule has 0 radical (unpaired) electrons. The molecule has 0 aliphatic carbocycles.